The van der Waals surface area contributed by atoms with Crippen LogP contribution < -0.4 is 15.0 Å². The van der Waals surface area contributed by atoms with Crippen LogP contribution in [-0.4, -0.2) is 34.4 Å². The molecular weight excluding hydrogens is 484 g/mol. The van der Waals surface area contributed by atoms with E-state index in [0.717, 1.165) is 27.5 Å². The van der Waals surface area contributed by atoms with E-state index in [1.165, 1.54) is 16.2 Å². The van der Waals surface area contributed by atoms with Crippen LogP contribution in [0.3, 0.4) is 0 Å². The number of nitrogens with one attached hydrogen (secondary N) is 1. The summed E-state index contributed by atoms with van der Waals surface area (Å²) in [6.07, 6.45) is 1.02. The lowest BCUT2D eigenvalue weighted by Gasteiger charge is -2.33. The van der Waals surface area contributed by atoms with E-state index in [9.17, 15) is 9.59 Å². The van der Waals surface area contributed by atoms with E-state index < -0.39 is 6.10 Å². The molecule has 1 unspecified atom stereocenters. The number of thiazole rings is 1. The number of ether oxygens (including phenoxy) is 1. The number of amides is 2. The van der Waals surface area contributed by atoms with Crippen molar-refractivity contribution in [1.82, 2.24) is 9.97 Å². The molecule has 0 spiro atoms. The molecule has 2 aromatic heterocycles. The lowest BCUT2D eigenvalue weighted by molar-refractivity contribution is -0.127. The molecule has 2 aromatic carbocycles. The Bertz CT molecular complexity index is 1420. The molecule has 1 N–H and O–H groups in total. The molecule has 5 rings (SSSR count). The molecular formula is C26H21ClN4O3S. The fraction of sp³-hybridized carbons (Fsp3) is 0.154. The highest BCUT2D eigenvalue weighted by molar-refractivity contribution is 7.13. The van der Waals surface area contributed by atoms with Crippen molar-refractivity contribution in [2.24, 2.45) is 0 Å². The number of rotatable bonds is 5. The quantitative estimate of drug-likeness (QED) is 0.383. The van der Waals surface area contributed by atoms with Crippen molar-refractivity contribution < 1.29 is 14.3 Å². The van der Waals surface area contributed by atoms with E-state index in [-0.39, 0.29) is 18.4 Å². The smallest absolute Gasteiger partial charge is 0.268 e. The Morgan fingerprint density at radius 2 is 2.03 bits per heavy atom. The van der Waals surface area contributed by atoms with Crippen LogP contribution in [0.15, 0.2) is 66.2 Å². The van der Waals surface area contributed by atoms with Crippen molar-refractivity contribution in [2.45, 2.75) is 20.0 Å². The first-order chi connectivity index (χ1) is 16.9. The number of fused-ring (bicyclic) bond motifs is 1. The molecule has 3 heterocycles. The van der Waals surface area contributed by atoms with Gasteiger partial charge in [0, 0.05) is 27.9 Å². The summed E-state index contributed by atoms with van der Waals surface area (Å²) in [5, 5.41) is 6.16. The van der Waals surface area contributed by atoms with Crippen LogP contribution in [0.4, 0.5) is 11.4 Å². The Kier molecular flexibility index (Phi) is 6.23. The third-order valence-electron chi connectivity index (χ3n) is 5.69. The molecule has 0 fully saturated rings. The topological polar surface area (TPSA) is 84.4 Å². The molecule has 35 heavy (non-hydrogen) atoms. The minimum Gasteiger partial charge on any atom is -0.479 e. The summed E-state index contributed by atoms with van der Waals surface area (Å²) in [6.45, 7) is 3.34. The molecule has 0 radical (unpaired) electrons. The van der Waals surface area contributed by atoms with Gasteiger partial charge in [0.15, 0.2) is 6.10 Å². The zero-order valence-corrected chi connectivity index (χ0v) is 20.6. The molecule has 0 saturated heterocycles. The number of hydrogen-bond acceptors (Lipinski definition) is 6. The SMILES string of the molecule is Cc1c(Cl)cccc1NC(=O)CN1C(=O)C(C)Oc2ccc(-c3csc(-c4ccccn4)n3)cc21. The largest absolute Gasteiger partial charge is 0.479 e. The predicted octanol–water partition coefficient (Wildman–Crippen LogP) is 5.59. The van der Waals surface area contributed by atoms with Gasteiger partial charge in [0.25, 0.3) is 5.91 Å². The molecule has 9 heteroatoms. The van der Waals surface area contributed by atoms with Gasteiger partial charge in [-0.3, -0.25) is 19.5 Å². The van der Waals surface area contributed by atoms with E-state index >= 15 is 0 Å². The summed E-state index contributed by atoms with van der Waals surface area (Å²) < 4.78 is 5.81. The van der Waals surface area contributed by atoms with Gasteiger partial charge in [0.2, 0.25) is 5.91 Å². The first-order valence-electron chi connectivity index (χ1n) is 10.9. The fourth-order valence-electron chi connectivity index (χ4n) is 3.82. The number of anilines is 2. The summed E-state index contributed by atoms with van der Waals surface area (Å²) >= 11 is 7.66. The highest BCUT2D eigenvalue weighted by Gasteiger charge is 2.33. The average Bonchev–Trinajstić information content (AvgIpc) is 3.36. The maximum atomic E-state index is 13.0. The summed E-state index contributed by atoms with van der Waals surface area (Å²) in [4.78, 5) is 36.5. The van der Waals surface area contributed by atoms with Crippen LogP contribution in [0.5, 0.6) is 5.75 Å². The Balaban J connectivity index is 1.43. The molecule has 0 saturated carbocycles. The molecule has 1 aliphatic rings. The maximum absolute atomic E-state index is 13.0. The van der Waals surface area contributed by atoms with Gasteiger partial charge in [-0.1, -0.05) is 23.7 Å². The van der Waals surface area contributed by atoms with Gasteiger partial charge in [0.1, 0.15) is 17.3 Å². The predicted molar refractivity (Wildman–Crippen MR) is 138 cm³/mol. The number of pyridine rings is 1. The Morgan fingerprint density at radius 1 is 1.17 bits per heavy atom. The molecule has 7 nitrogen and oxygen atoms in total. The second kappa shape index (κ2) is 9.48. The van der Waals surface area contributed by atoms with E-state index in [0.29, 0.717) is 22.1 Å². The van der Waals surface area contributed by atoms with Crippen molar-refractivity contribution in [3.63, 3.8) is 0 Å². The van der Waals surface area contributed by atoms with Gasteiger partial charge in [-0.2, -0.15) is 0 Å². The Hall–Kier alpha value is -3.75. The van der Waals surface area contributed by atoms with Crippen molar-refractivity contribution in [1.29, 1.82) is 0 Å². The highest BCUT2D eigenvalue weighted by atomic mass is 35.5. The number of carbonyl (C=O) groups is 2. The molecule has 2 amide bonds. The molecule has 0 aliphatic carbocycles. The van der Waals surface area contributed by atoms with Gasteiger partial charge in [-0.15, -0.1) is 11.3 Å². The lowest BCUT2D eigenvalue weighted by atomic mass is 10.1. The number of benzene rings is 2. The van der Waals surface area contributed by atoms with Crippen LogP contribution >= 0.6 is 22.9 Å². The van der Waals surface area contributed by atoms with Crippen LogP contribution in [0.25, 0.3) is 22.0 Å². The monoisotopic (exact) mass is 504 g/mol. The fourth-order valence-corrected chi connectivity index (χ4v) is 4.80. The molecule has 1 atom stereocenters. The Labute approximate surface area is 211 Å². The number of carbonyl (C=O) groups excluding carboxylic acids is 2. The van der Waals surface area contributed by atoms with Gasteiger partial charge in [-0.05, 0) is 61.9 Å². The van der Waals surface area contributed by atoms with Crippen LogP contribution in [0.1, 0.15) is 12.5 Å². The summed E-state index contributed by atoms with van der Waals surface area (Å²) in [5.74, 6) is -0.0897. The molecule has 1 aliphatic heterocycles. The van der Waals surface area contributed by atoms with E-state index in [2.05, 4.69) is 10.3 Å². The lowest BCUT2D eigenvalue weighted by Crippen LogP contribution is -2.47. The van der Waals surface area contributed by atoms with Gasteiger partial charge < -0.3 is 10.1 Å². The molecule has 176 valence electrons. The second-order valence-corrected chi connectivity index (χ2v) is 9.35. The minimum atomic E-state index is -0.705. The van der Waals surface area contributed by atoms with Crippen molar-refractivity contribution >= 4 is 46.1 Å². The summed E-state index contributed by atoms with van der Waals surface area (Å²) in [5.41, 5.74) is 4.25. The summed E-state index contributed by atoms with van der Waals surface area (Å²) in [6, 6.07) is 16.5. The molecule has 0 bridgehead atoms. The zero-order chi connectivity index (χ0) is 24.5. The first kappa shape index (κ1) is 23.0. The standard InChI is InChI=1S/C26H21ClN4O3S/c1-15-18(27)6-5-8-19(15)29-24(32)13-31-22-12-17(9-10-23(22)34-16(2)26(31)33)21-14-35-25(30-21)20-7-3-4-11-28-20/h3-12,14,16H,13H2,1-2H3,(H,29,32). The van der Waals surface area contributed by atoms with Crippen LogP contribution in [-0.2, 0) is 9.59 Å². The minimum absolute atomic E-state index is 0.162. The normalized spacial score (nSPS) is 14.9. The maximum Gasteiger partial charge on any atom is 0.268 e. The number of halogens is 1. The Morgan fingerprint density at radius 3 is 2.83 bits per heavy atom. The number of hydrogen-bond donors (Lipinski definition) is 1. The zero-order valence-electron chi connectivity index (χ0n) is 19.0. The van der Waals surface area contributed by atoms with E-state index in [1.54, 1.807) is 37.4 Å². The first-order valence-corrected chi connectivity index (χ1v) is 12.2. The third kappa shape index (κ3) is 4.62. The van der Waals surface area contributed by atoms with Crippen molar-refractivity contribution in [2.75, 3.05) is 16.8 Å². The van der Waals surface area contributed by atoms with E-state index in [1.807, 2.05) is 42.6 Å². The summed E-state index contributed by atoms with van der Waals surface area (Å²) in [7, 11) is 0. The second-order valence-electron chi connectivity index (χ2n) is 8.08. The highest BCUT2D eigenvalue weighted by Crippen LogP contribution is 2.38. The van der Waals surface area contributed by atoms with Crippen molar-refractivity contribution in [3.8, 4) is 27.7 Å². The van der Waals surface area contributed by atoms with Gasteiger partial charge in [0.05, 0.1) is 17.1 Å². The molecule has 4 aromatic rings. The van der Waals surface area contributed by atoms with Crippen LogP contribution in [0.2, 0.25) is 5.02 Å². The van der Waals surface area contributed by atoms with Gasteiger partial charge >= 0.3 is 0 Å². The van der Waals surface area contributed by atoms with Gasteiger partial charge in [-0.25, -0.2) is 4.98 Å². The average molecular weight is 505 g/mol. The third-order valence-corrected chi connectivity index (χ3v) is 6.97. The van der Waals surface area contributed by atoms with E-state index in [4.69, 9.17) is 21.3 Å². The number of nitrogens with zero attached hydrogens (tertiary/aromatic N) is 3. The number of aromatic nitrogens is 2. The van der Waals surface area contributed by atoms with Crippen molar-refractivity contribution in [3.05, 3.63) is 76.8 Å². The van der Waals surface area contributed by atoms with Crippen LogP contribution in [0, 0.1) is 6.92 Å².